The van der Waals surface area contributed by atoms with Gasteiger partial charge in [0, 0.05) is 34.3 Å². The van der Waals surface area contributed by atoms with E-state index in [1.165, 1.54) is 0 Å². The van der Waals surface area contributed by atoms with E-state index in [4.69, 9.17) is 0 Å². The molecule has 4 rings (SSSR count). The van der Waals surface area contributed by atoms with E-state index in [9.17, 15) is 13.2 Å². The summed E-state index contributed by atoms with van der Waals surface area (Å²) in [5.41, 5.74) is 5.49. The first-order chi connectivity index (χ1) is 13.5. The van der Waals surface area contributed by atoms with Crippen molar-refractivity contribution in [3.05, 3.63) is 58.3 Å². The standard InChI is InChI=1S/C23H26N2O3S/c1-13-6-7-16(8-14(13)2)25-29(27,28)21-10-18-17(9-15(21)3)22-19(24-18)11-23(4,5)12-20(22)26/h6-10,24-25H,11-12H2,1-5H3. The summed E-state index contributed by atoms with van der Waals surface area (Å²) in [6.45, 7) is 9.86. The van der Waals surface area contributed by atoms with Gasteiger partial charge in [0.05, 0.1) is 4.90 Å². The van der Waals surface area contributed by atoms with Crippen LogP contribution in [0.3, 0.4) is 0 Å². The second-order valence-corrected chi connectivity index (χ2v) is 10.6. The van der Waals surface area contributed by atoms with Crippen LogP contribution in [-0.4, -0.2) is 19.2 Å². The molecule has 29 heavy (non-hydrogen) atoms. The number of aromatic amines is 1. The number of fused-ring (bicyclic) bond motifs is 3. The fourth-order valence-electron chi connectivity index (χ4n) is 4.21. The molecule has 0 fully saturated rings. The highest BCUT2D eigenvalue weighted by Crippen LogP contribution is 2.39. The molecule has 1 aliphatic carbocycles. The third-order valence-electron chi connectivity index (χ3n) is 5.79. The zero-order chi connectivity index (χ0) is 21.1. The van der Waals surface area contributed by atoms with Crippen molar-refractivity contribution in [2.45, 2.75) is 52.4 Å². The average Bonchev–Trinajstić information content (AvgIpc) is 2.93. The van der Waals surface area contributed by atoms with Crippen molar-refractivity contribution in [1.29, 1.82) is 0 Å². The van der Waals surface area contributed by atoms with Gasteiger partial charge in [0.1, 0.15) is 0 Å². The predicted octanol–water partition coefficient (Wildman–Crippen LogP) is 5.05. The number of ketones is 1. The van der Waals surface area contributed by atoms with E-state index >= 15 is 0 Å². The maximum Gasteiger partial charge on any atom is 0.262 e. The molecule has 5 nitrogen and oxygen atoms in total. The van der Waals surface area contributed by atoms with Crippen LogP contribution in [0, 0.1) is 26.2 Å². The summed E-state index contributed by atoms with van der Waals surface area (Å²) in [7, 11) is -3.76. The van der Waals surface area contributed by atoms with Gasteiger partial charge in [-0.2, -0.15) is 0 Å². The molecule has 1 heterocycles. The number of hydrogen-bond acceptors (Lipinski definition) is 3. The third-order valence-corrected chi connectivity index (χ3v) is 7.32. The molecule has 0 amide bonds. The molecule has 6 heteroatoms. The summed E-state index contributed by atoms with van der Waals surface area (Å²) in [5.74, 6) is 0.116. The van der Waals surface area contributed by atoms with Gasteiger partial charge in [0.15, 0.2) is 5.78 Å². The molecule has 0 spiro atoms. The molecule has 0 atom stereocenters. The number of rotatable bonds is 3. The Bertz CT molecular complexity index is 1270. The van der Waals surface area contributed by atoms with E-state index in [1.54, 1.807) is 19.1 Å². The number of H-pyrrole nitrogens is 1. The highest BCUT2D eigenvalue weighted by Gasteiger charge is 2.34. The zero-order valence-corrected chi connectivity index (χ0v) is 18.3. The van der Waals surface area contributed by atoms with Crippen LogP contribution < -0.4 is 4.72 Å². The third kappa shape index (κ3) is 3.46. The second kappa shape index (κ2) is 6.46. The van der Waals surface area contributed by atoms with Crippen LogP contribution in [0.5, 0.6) is 0 Å². The number of carbonyl (C=O) groups excluding carboxylic acids is 1. The molecule has 152 valence electrons. The maximum atomic E-state index is 13.1. The van der Waals surface area contributed by atoms with Gasteiger partial charge in [0.25, 0.3) is 10.0 Å². The van der Waals surface area contributed by atoms with Crippen molar-refractivity contribution < 1.29 is 13.2 Å². The highest BCUT2D eigenvalue weighted by atomic mass is 32.2. The summed E-state index contributed by atoms with van der Waals surface area (Å²) >= 11 is 0. The number of nitrogens with one attached hydrogen (secondary N) is 2. The van der Waals surface area contributed by atoms with Gasteiger partial charge in [-0.3, -0.25) is 9.52 Å². The van der Waals surface area contributed by atoms with Crippen molar-refractivity contribution >= 4 is 32.4 Å². The number of Topliss-reactive ketones (excluding diaryl/α,β-unsaturated/α-hetero) is 1. The van der Waals surface area contributed by atoms with Gasteiger partial charge < -0.3 is 4.98 Å². The molecule has 2 N–H and O–H groups in total. The van der Waals surface area contributed by atoms with Gasteiger partial charge in [0.2, 0.25) is 0 Å². The Balaban J connectivity index is 1.79. The lowest BCUT2D eigenvalue weighted by atomic mass is 9.76. The monoisotopic (exact) mass is 410 g/mol. The first-order valence-corrected chi connectivity index (χ1v) is 11.2. The summed E-state index contributed by atoms with van der Waals surface area (Å²) in [6, 6.07) is 8.95. The quantitative estimate of drug-likeness (QED) is 0.634. The summed E-state index contributed by atoms with van der Waals surface area (Å²) < 4.78 is 28.8. The van der Waals surface area contributed by atoms with Crippen molar-refractivity contribution in [1.82, 2.24) is 4.98 Å². The number of hydrogen-bond donors (Lipinski definition) is 2. The van der Waals surface area contributed by atoms with E-state index in [2.05, 4.69) is 23.6 Å². The van der Waals surface area contributed by atoms with Crippen LogP contribution in [0.1, 0.15) is 53.0 Å². The van der Waals surface area contributed by atoms with E-state index in [0.29, 0.717) is 28.8 Å². The van der Waals surface area contributed by atoms with Gasteiger partial charge in [-0.25, -0.2) is 8.42 Å². The summed E-state index contributed by atoms with van der Waals surface area (Å²) in [4.78, 5) is 16.2. The van der Waals surface area contributed by atoms with Crippen LogP contribution in [0.25, 0.3) is 10.9 Å². The SMILES string of the molecule is Cc1ccc(NS(=O)(=O)c2cc3[nH]c4c(c3cc2C)C(=O)CC(C)(C)C4)cc1C. The molecule has 0 saturated carbocycles. The van der Waals surface area contributed by atoms with E-state index in [-0.39, 0.29) is 16.1 Å². The number of sulfonamides is 1. The van der Waals surface area contributed by atoms with Crippen LogP contribution in [0.2, 0.25) is 0 Å². The Morgan fingerprint density at radius 2 is 1.69 bits per heavy atom. The molecule has 0 unspecified atom stereocenters. The number of benzene rings is 2. The molecular formula is C23H26N2O3S. The van der Waals surface area contributed by atoms with Gasteiger partial charge in [-0.1, -0.05) is 19.9 Å². The molecule has 0 bridgehead atoms. The molecular weight excluding hydrogens is 384 g/mol. The maximum absolute atomic E-state index is 13.1. The molecule has 1 aromatic heterocycles. The smallest absolute Gasteiger partial charge is 0.262 e. The van der Waals surface area contributed by atoms with Crippen LogP contribution >= 0.6 is 0 Å². The Labute approximate surface area is 171 Å². The van der Waals surface area contributed by atoms with Gasteiger partial charge in [-0.15, -0.1) is 0 Å². The average molecular weight is 411 g/mol. The van der Waals surface area contributed by atoms with Crippen molar-refractivity contribution in [3.63, 3.8) is 0 Å². The van der Waals surface area contributed by atoms with Crippen LogP contribution in [0.4, 0.5) is 5.69 Å². The number of carbonyl (C=O) groups is 1. The van der Waals surface area contributed by atoms with Gasteiger partial charge >= 0.3 is 0 Å². The molecule has 0 saturated heterocycles. The predicted molar refractivity (Wildman–Crippen MR) is 116 cm³/mol. The van der Waals surface area contributed by atoms with E-state index in [1.807, 2.05) is 32.0 Å². The second-order valence-electron chi connectivity index (χ2n) is 8.99. The minimum Gasteiger partial charge on any atom is -0.358 e. The topological polar surface area (TPSA) is 79.0 Å². The minimum absolute atomic E-state index is 0.0975. The molecule has 0 radical (unpaired) electrons. The first-order valence-electron chi connectivity index (χ1n) is 9.75. The number of aryl methyl sites for hydroxylation is 3. The van der Waals surface area contributed by atoms with E-state index < -0.39 is 10.0 Å². The normalized spacial score (nSPS) is 16.1. The van der Waals surface area contributed by atoms with Crippen molar-refractivity contribution in [3.8, 4) is 0 Å². The Morgan fingerprint density at radius 1 is 0.966 bits per heavy atom. The largest absolute Gasteiger partial charge is 0.358 e. The van der Waals surface area contributed by atoms with Crippen LogP contribution in [0.15, 0.2) is 35.2 Å². The number of anilines is 1. The Hall–Kier alpha value is -2.60. The van der Waals surface area contributed by atoms with Crippen LogP contribution in [-0.2, 0) is 16.4 Å². The first kappa shape index (κ1) is 19.7. The fraction of sp³-hybridized carbons (Fsp3) is 0.348. The van der Waals surface area contributed by atoms with Crippen molar-refractivity contribution in [2.75, 3.05) is 4.72 Å². The molecule has 0 aliphatic heterocycles. The molecule has 3 aromatic rings. The lowest BCUT2D eigenvalue weighted by Crippen LogP contribution is -2.26. The molecule has 2 aromatic carbocycles. The van der Waals surface area contributed by atoms with E-state index in [0.717, 1.165) is 28.6 Å². The van der Waals surface area contributed by atoms with Crippen molar-refractivity contribution in [2.24, 2.45) is 5.41 Å². The Kier molecular flexibility index (Phi) is 4.39. The van der Waals surface area contributed by atoms with Gasteiger partial charge in [-0.05, 0) is 73.6 Å². The molecule has 1 aliphatic rings. The Morgan fingerprint density at radius 3 is 2.38 bits per heavy atom. The highest BCUT2D eigenvalue weighted by molar-refractivity contribution is 7.92. The lowest BCUT2D eigenvalue weighted by molar-refractivity contribution is 0.0913. The summed E-state index contributed by atoms with van der Waals surface area (Å²) in [5, 5.41) is 0.808. The fourth-order valence-corrected chi connectivity index (χ4v) is 5.51. The minimum atomic E-state index is -3.76. The zero-order valence-electron chi connectivity index (χ0n) is 17.4. The summed E-state index contributed by atoms with van der Waals surface area (Å²) in [6.07, 6.45) is 1.27. The lowest BCUT2D eigenvalue weighted by Gasteiger charge is -2.28. The number of aromatic nitrogens is 1.